The van der Waals surface area contributed by atoms with Crippen LogP contribution in [0.1, 0.15) is 0 Å². The van der Waals surface area contributed by atoms with Crippen molar-refractivity contribution in [1.82, 2.24) is 9.88 Å². The van der Waals surface area contributed by atoms with Crippen molar-refractivity contribution in [2.45, 2.75) is 0 Å². The first-order chi connectivity index (χ1) is 13.2. The lowest BCUT2D eigenvalue weighted by Gasteiger charge is -2.22. The average molecular weight is 373 g/mol. The number of carbonyl (C=O) groups is 1. The zero-order chi connectivity index (χ0) is 19.1. The number of urea groups is 1. The van der Waals surface area contributed by atoms with Gasteiger partial charge in [-0.15, -0.1) is 0 Å². The Labute approximate surface area is 157 Å². The molecule has 8 nitrogen and oxygen atoms in total. The van der Waals surface area contributed by atoms with Gasteiger partial charge in [-0.1, -0.05) is 6.07 Å². The minimum Gasteiger partial charge on any atom is -0.497 e. The molecule has 0 radical (unpaired) electrons. The molecule has 1 aliphatic heterocycles. The number of benzene rings is 1. The minimum atomic E-state index is -0.248. The number of amides is 2. The number of anilines is 1. The Morgan fingerprint density at radius 2 is 2.22 bits per heavy atom. The second-order valence-electron chi connectivity index (χ2n) is 6.17. The molecule has 0 saturated carbocycles. The predicted molar refractivity (Wildman–Crippen MR) is 99.3 cm³/mol. The summed E-state index contributed by atoms with van der Waals surface area (Å²) >= 11 is 0. The van der Waals surface area contributed by atoms with E-state index >= 15 is 0 Å². The summed E-state index contributed by atoms with van der Waals surface area (Å²) in [6.07, 6.45) is 1.53. The zero-order valence-electron chi connectivity index (χ0n) is 15.1. The van der Waals surface area contributed by atoms with Gasteiger partial charge in [-0.05, 0) is 18.2 Å². The maximum Gasteiger partial charge on any atom is 0.321 e. The third-order valence-corrected chi connectivity index (χ3v) is 4.13. The van der Waals surface area contributed by atoms with Crippen LogP contribution in [0.25, 0.3) is 0 Å². The lowest BCUT2D eigenvalue weighted by molar-refractivity contribution is 0.0958. The van der Waals surface area contributed by atoms with E-state index in [1.54, 1.807) is 36.3 Å². The van der Waals surface area contributed by atoms with E-state index in [0.29, 0.717) is 49.4 Å². The fourth-order valence-corrected chi connectivity index (χ4v) is 2.68. The molecule has 2 aromatic rings. The molecule has 1 fully saturated rings. The van der Waals surface area contributed by atoms with Gasteiger partial charge in [0.05, 0.1) is 32.2 Å². The summed E-state index contributed by atoms with van der Waals surface area (Å²) in [5, 5.41) is 12.1. The van der Waals surface area contributed by atoms with Crippen molar-refractivity contribution in [3.05, 3.63) is 42.6 Å². The van der Waals surface area contributed by atoms with Crippen LogP contribution in [0, 0.1) is 5.92 Å². The molecule has 2 heterocycles. The highest BCUT2D eigenvalue weighted by molar-refractivity contribution is 5.89. The summed E-state index contributed by atoms with van der Waals surface area (Å²) in [7, 11) is 1.59. The number of pyridine rings is 1. The quantitative estimate of drug-likeness (QED) is 0.836. The fourth-order valence-electron chi connectivity index (χ4n) is 2.68. The maximum absolute atomic E-state index is 12.4. The number of nitrogens with one attached hydrogen (secondary N) is 1. The van der Waals surface area contributed by atoms with Crippen LogP contribution in [0.2, 0.25) is 0 Å². The van der Waals surface area contributed by atoms with E-state index in [1.165, 1.54) is 6.20 Å². The predicted octanol–water partition coefficient (Wildman–Crippen LogP) is 2.36. The maximum atomic E-state index is 12.4. The molecule has 2 N–H and O–H groups in total. The zero-order valence-corrected chi connectivity index (χ0v) is 15.1. The number of hydrogen-bond donors (Lipinski definition) is 2. The summed E-state index contributed by atoms with van der Waals surface area (Å²) < 4.78 is 16.2. The molecular weight excluding hydrogens is 350 g/mol. The van der Waals surface area contributed by atoms with Gasteiger partial charge >= 0.3 is 6.03 Å². The van der Waals surface area contributed by atoms with Crippen LogP contribution in [0.5, 0.6) is 17.4 Å². The number of aliphatic hydroxyl groups is 1. The topological polar surface area (TPSA) is 93.2 Å². The van der Waals surface area contributed by atoms with Crippen LogP contribution in [0.3, 0.4) is 0 Å². The van der Waals surface area contributed by atoms with Gasteiger partial charge in [-0.3, -0.25) is 0 Å². The Morgan fingerprint density at radius 1 is 1.37 bits per heavy atom. The molecule has 0 spiro atoms. The largest absolute Gasteiger partial charge is 0.497 e. The van der Waals surface area contributed by atoms with Gasteiger partial charge in [0.25, 0.3) is 0 Å². The lowest BCUT2D eigenvalue weighted by atomic mass is 10.2. The molecule has 144 valence electrons. The van der Waals surface area contributed by atoms with Crippen LogP contribution in [0.15, 0.2) is 42.6 Å². The number of aromatic nitrogens is 1. The Bertz CT molecular complexity index is 753. The van der Waals surface area contributed by atoms with E-state index in [9.17, 15) is 9.90 Å². The number of rotatable bonds is 5. The van der Waals surface area contributed by atoms with E-state index in [2.05, 4.69) is 10.3 Å². The summed E-state index contributed by atoms with van der Waals surface area (Å²) in [5.41, 5.74) is 0.559. The van der Waals surface area contributed by atoms with Gasteiger partial charge in [0.15, 0.2) is 0 Å². The monoisotopic (exact) mass is 373 g/mol. The van der Waals surface area contributed by atoms with Crippen molar-refractivity contribution in [1.29, 1.82) is 0 Å². The van der Waals surface area contributed by atoms with Crippen LogP contribution >= 0.6 is 0 Å². The Kier molecular flexibility index (Phi) is 6.45. The molecule has 8 heteroatoms. The highest BCUT2D eigenvalue weighted by Crippen LogP contribution is 2.24. The van der Waals surface area contributed by atoms with Gasteiger partial charge in [-0.2, -0.15) is 0 Å². The molecule has 1 aromatic carbocycles. The second kappa shape index (κ2) is 9.20. The highest BCUT2D eigenvalue weighted by Gasteiger charge is 2.22. The molecule has 0 aliphatic carbocycles. The molecule has 3 rings (SSSR count). The summed E-state index contributed by atoms with van der Waals surface area (Å²) in [5.74, 6) is 1.64. The van der Waals surface area contributed by atoms with E-state index < -0.39 is 0 Å². The van der Waals surface area contributed by atoms with E-state index in [-0.39, 0.29) is 18.6 Å². The Balaban J connectivity index is 1.59. The number of carbonyl (C=O) groups excluding carboxylic acids is 1. The Morgan fingerprint density at radius 3 is 2.96 bits per heavy atom. The van der Waals surface area contributed by atoms with E-state index in [1.807, 2.05) is 12.1 Å². The van der Waals surface area contributed by atoms with Crippen molar-refractivity contribution in [2.24, 2.45) is 5.92 Å². The number of aliphatic hydroxyl groups excluding tert-OH is 1. The molecule has 1 saturated heterocycles. The number of hydrogen-bond acceptors (Lipinski definition) is 6. The normalized spacial score (nSPS) is 17.1. The Hall–Kier alpha value is -2.84. The minimum absolute atomic E-state index is 0.0123. The van der Waals surface area contributed by atoms with Gasteiger partial charge < -0.3 is 29.5 Å². The van der Waals surface area contributed by atoms with Gasteiger partial charge in [0.1, 0.15) is 11.5 Å². The molecular formula is C19H23N3O5. The van der Waals surface area contributed by atoms with Gasteiger partial charge in [-0.25, -0.2) is 9.78 Å². The first-order valence-corrected chi connectivity index (χ1v) is 8.70. The van der Waals surface area contributed by atoms with Crippen molar-refractivity contribution < 1.29 is 24.1 Å². The third kappa shape index (κ3) is 5.32. The van der Waals surface area contributed by atoms with Crippen LogP contribution < -0.4 is 14.8 Å². The standard InChI is InChI=1S/C19H23N3O5/c1-25-16-3-2-4-17(9-16)27-18-6-5-15(10-20-18)21-19(24)22-7-8-26-13-14(11-22)12-23/h2-6,9-10,14,23H,7-8,11-13H2,1H3,(H,21,24)/t14-/m0/s1. The van der Waals surface area contributed by atoms with Crippen LogP contribution in [-0.2, 0) is 4.74 Å². The number of ether oxygens (including phenoxy) is 3. The molecule has 1 atom stereocenters. The van der Waals surface area contributed by atoms with Crippen LogP contribution in [-0.4, -0.2) is 61.0 Å². The highest BCUT2D eigenvalue weighted by atomic mass is 16.5. The summed E-state index contributed by atoms with van der Waals surface area (Å²) in [6, 6.07) is 10.4. The molecule has 0 bridgehead atoms. The van der Waals surface area contributed by atoms with Gasteiger partial charge in [0, 0.05) is 37.7 Å². The SMILES string of the molecule is COc1cccc(Oc2ccc(NC(=O)N3CCOC[C@H](CO)C3)cn2)c1. The van der Waals surface area contributed by atoms with Crippen molar-refractivity contribution >= 4 is 11.7 Å². The summed E-state index contributed by atoms with van der Waals surface area (Å²) in [4.78, 5) is 18.3. The molecule has 0 unspecified atom stereocenters. The van der Waals surface area contributed by atoms with Gasteiger partial charge in [0.2, 0.25) is 5.88 Å². The first kappa shape index (κ1) is 18.9. The average Bonchev–Trinajstić information content (AvgIpc) is 2.95. The van der Waals surface area contributed by atoms with Crippen LogP contribution in [0.4, 0.5) is 10.5 Å². The molecule has 2 amide bonds. The molecule has 1 aromatic heterocycles. The summed E-state index contributed by atoms with van der Waals surface area (Å²) in [6.45, 7) is 1.83. The third-order valence-electron chi connectivity index (χ3n) is 4.13. The first-order valence-electron chi connectivity index (χ1n) is 8.70. The van der Waals surface area contributed by atoms with Crippen molar-refractivity contribution in [3.8, 4) is 17.4 Å². The lowest BCUT2D eigenvalue weighted by Crippen LogP contribution is -2.39. The molecule has 27 heavy (non-hydrogen) atoms. The molecule has 1 aliphatic rings. The van der Waals surface area contributed by atoms with E-state index in [0.717, 1.165) is 0 Å². The second-order valence-corrected chi connectivity index (χ2v) is 6.17. The van der Waals surface area contributed by atoms with E-state index in [4.69, 9.17) is 14.2 Å². The van der Waals surface area contributed by atoms with Crippen molar-refractivity contribution in [3.63, 3.8) is 0 Å². The number of methoxy groups -OCH3 is 1. The van der Waals surface area contributed by atoms with Crippen molar-refractivity contribution in [2.75, 3.05) is 45.3 Å². The number of nitrogens with zero attached hydrogens (tertiary/aromatic N) is 2. The fraction of sp³-hybridized carbons (Fsp3) is 0.368. The smallest absolute Gasteiger partial charge is 0.321 e.